The van der Waals surface area contributed by atoms with E-state index in [1.807, 2.05) is 0 Å². The number of nitrogens with one attached hydrogen (secondary N) is 3. The standard InChI is InChI=1S/C23H22F2N8O3/c1-35-17-12-15(36-10-7-24)11-16(18(17)25)19(30-14-5-3-13(4-6-14)20(26)27)21-31-23(34)33(32-21)22-28-8-2-9-29-22/h2-6,8-9,11-12,19,30H,7,10H2,1H3,(H3,26,27)(H,31,32,34). The monoisotopic (exact) mass is 496 g/mol. The molecule has 0 saturated heterocycles. The van der Waals surface area contributed by atoms with Crippen LogP contribution in [-0.2, 0) is 0 Å². The Bertz CT molecular complexity index is 1410. The number of H-pyrrole nitrogens is 1. The molecule has 5 N–H and O–H groups in total. The van der Waals surface area contributed by atoms with Gasteiger partial charge in [0.05, 0.1) is 7.11 Å². The van der Waals surface area contributed by atoms with Gasteiger partial charge >= 0.3 is 5.69 Å². The minimum absolute atomic E-state index is 0.00809. The normalized spacial score (nSPS) is 11.6. The average Bonchev–Trinajstić information content (AvgIpc) is 3.28. The second-order valence-corrected chi connectivity index (χ2v) is 7.41. The number of aromatic amines is 1. The molecule has 0 aliphatic heterocycles. The van der Waals surface area contributed by atoms with Crippen molar-refractivity contribution in [3.05, 3.63) is 88.1 Å². The highest BCUT2D eigenvalue weighted by molar-refractivity contribution is 5.95. The second-order valence-electron chi connectivity index (χ2n) is 7.41. The maximum absolute atomic E-state index is 15.5. The maximum Gasteiger partial charge on any atom is 0.350 e. The number of ether oxygens (including phenoxy) is 2. The molecule has 0 fully saturated rings. The smallest absolute Gasteiger partial charge is 0.350 e. The molecule has 0 spiro atoms. The Morgan fingerprint density at radius 3 is 2.61 bits per heavy atom. The Balaban J connectivity index is 1.83. The summed E-state index contributed by atoms with van der Waals surface area (Å²) in [7, 11) is 1.29. The Morgan fingerprint density at radius 2 is 1.97 bits per heavy atom. The van der Waals surface area contributed by atoms with Crippen LogP contribution in [0.3, 0.4) is 0 Å². The zero-order valence-corrected chi connectivity index (χ0v) is 19.0. The first-order valence-electron chi connectivity index (χ1n) is 10.6. The number of hydrogen-bond donors (Lipinski definition) is 4. The molecule has 186 valence electrons. The molecule has 13 heteroatoms. The summed E-state index contributed by atoms with van der Waals surface area (Å²) in [5, 5.41) is 15.0. The number of methoxy groups -OCH3 is 1. The third kappa shape index (κ3) is 5.14. The van der Waals surface area contributed by atoms with Crippen molar-refractivity contribution in [3.63, 3.8) is 0 Å². The summed E-state index contributed by atoms with van der Waals surface area (Å²) in [6.45, 7) is -0.983. The Labute approximate surface area is 203 Å². The highest BCUT2D eigenvalue weighted by Crippen LogP contribution is 2.34. The quantitative estimate of drug-likeness (QED) is 0.192. The van der Waals surface area contributed by atoms with Crippen LogP contribution in [0.25, 0.3) is 5.95 Å². The number of nitrogens with zero attached hydrogens (tertiary/aromatic N) is 4. The van der Waals surface area contributed by atoms with Crippen molar-refractivity contribution < 1.29 is 18.3 Å². The van der Waals surface area contributed by atoms with Crippen LogP contribution in [0.5, 0.6) is 11.5 Å². The molecule has 0 aliphatic carbocycles. The van der Waals surface area contributed by atoms with Gasteiger partial charge in [0.25, 0.3) is 5.95 Å². The van der Waals surface area contributed by atoms with Gasteiger partial charge in [-0.15, -0.1) is 9.78 Å². The van der Waals surface area contributed by atoms with E-state index in [2.05, 4.69) is 25.4 Å². The topological polar surface area (TPSA) is 157 Å². The molecule has 4 rings (SSSR count). The van der Waals surface area contributed by atoms with E-state index in [9.17, 15) is 9.18 Å². The zero-order chi connectivity index (χ0) is 25.7. The fourth-order valence-corrected chi connectivity index (χ4v) is 3.40. The molecule has 2 aromatic heterocycles. The first-order chi connectivity index (χ1) is 17.4. The minimum Gasteiger partial charge on any atom is -0.494 e. The molecule has 4 aromatic rings. The van der Waals surface area contributed by atoms with Gasteiger partial charge in [0.15, 0.2) is 17.4 Å². The van der Waals surface area contributed by atoms with E-state index >= 15 is 4.39 Å². The van der Waals surface area contributed by atoms with Crippen LogP contribution < -0.4 is 26.2 Å². The second kappa shape index (κ2) is 10.6. The lowest BCUT2D eigenvalue weighted by atomic mass is 10.0. The van der Waals surface area contributed by atoms with Gasteiger partial charge in [-0.05, 0) is 36.4 Å². The summed E-state index contributed by atoms with van der Waals surface area (Å²) in [4.78, 5) is 23.3. The largest absolute Gasteiger partial charge is 0.494 e. The van der Waals surface area contributed by atoms with Crippen molar-refractivity contribution in [2.45, 2.75) is 6.04 Å². The van der Waals surface area contributed by atoms with Crippen LogP contribution in [-0.4, -0.2) is 51.0 Å². The van der Waals surface area contributed by atoms with Crippen molar-refractivity contribution in [1.29, 1.82) is 5.41 Å². The van der Waals surface area contributed by atoms with Gasteiger partial charge in [-0.2, -0.15) is 0 Å². The molecule has 0 aliphatic rings. The minimum atomic E-state index is -1.06. The third-order valence-corrected chi connectivity index (χ3v) is 5.07. The zero-order valence-electron chi connectivity index (χ0n) is 19.0. The molecule has 0 radical (unpaired) electrons. The number of benzene rings is 2. The molecule has 0 bridgehead atoms. The Hall–Kier alpha value is -4.81. The third-order valence-electron chi connectivity index (χ3n) is 5.07. The first kappa shape index (κ1) is 24.3. The van der Waals surface area contributed by atoms with E-state index in [1.165, 1.54) is 31.6 Å². The molecule has 0 saturated carbocycles. The number of aromatic nitrogens is 5. The van der Waals surface area contributed by atoms with Crippen molar-refractivity contribution in [1.82, 2.24) is 24.7 Å². The number of hydrogen-bond acceptors (Lipinski definition) is 8. The van der Waals surface area contributed by atoms with Crippen LogP contribution in [0.2, 0.25) is 0 Å². The summed E-state index contributed by atoms with van der Waals surface area (Å²) >= 11 is 0. The lowest BCUT2D eigenvalue weighted by Crippen LogP contribution is -2.18. The van der Waals surface area contributed by atoms with Gasteiger partial charge in [0, 0.05) is 35.3 Å². The highest BCUT2D eigenvalue weighted by atomic mass is 19.1. The molecule has 11 nitrogen and oxygen atoms in total. The van der Waals surface area contributed by atoms with E-state index in [0.717, 1.165) is 4.68 Å². The lowest BCUT2D eigenvalue weighted by molar-refractivity contribution is 0.270. The average molecular weight is 496 g/mol. The van der Waals surface area contributed by atoms with Crippen molar-refractivity contribution in [2.24, 2.45) is 5.73 Å². The maximum atomic E-state index is 15.5. The van der Waals surface area contributed by atoms with Crippen LogP contribution in [0, 0.1) is 11.2 Å². The molecular formula is C23H22F2N8O3. The number of amidine groups is 1. The molecule has 1 unspecified atom stereocenters. The predicted molar refractivity (Wildman–Crippen MR) is 127 cm³/mol. The summed E-state index contributed by atoms with van der Waals surface area (Å²) in [5.41, 5.74) is 5.88. The number of halogens is 2. The van der Waals surface area contributed by atoms with Crippen molar-refractivity contribution in [2.75, 3.05) is 25.7 Å². The SMILES string of the molecule is COc1cc(OCCF)cc(C(Nc2ccc(C(=N)N)cc2)c2nn(-c3ncccn3)c(=O)[nH]2)c1F. The number of anilines is 1. The van der Waals surface area contributed by atoms with Gasteiger partial charge in [0.1, 0.15) is 30.9 Å². The highest BCUT2D eigenvalue weighted by Gasteiger charge is 2.27. The fourth-order valence-electron chi connectivity index (χ4n) is 3.40. The lowest BCUT2D eigenvalue weighted by Gasteiger charge is -2.21. The predicted octanol–water partition coefficient (Wildman–Crippen LogP) is 2.33. The summed E-state index contributed by atoms with van der Waals surface area (Å²) in [5.74, 6) is -0.785. The van der Waals surface area contributed by atoms with Gasteiger partial charge in [-0.25, -0.2) is 23.5 Å². The van der Waals surface area contributed by atoms with E-state index in [4.69, 9.17) is 20.6 Å². The van der Waals surface area contributed by atoms with Crippen LogP contribution in [0.1, 0.15) is 23.0 Å². The van der Waals surface area contributed by atoms with E-state index in [1.54, 1.807) is 30.3 Å². The summed E-state index contributed by atoms with van der Waals surface area (Å²) < 4.78 is 39.7. The van der Waals surface area contributed by atoms with E-state index < -0.39 is 24.2 Å². The molecular weight excluding hydrogens is 474 g/mol. The van der Waals surface area contributed by atoms with Gasteiger partial charge < -0.3 is 20.5 Å². The Kier molecular flexibility index (Phi) is 7.18. The van der Waals surface area contributed by atoms with Crippen LogP contribution in [0.4, 0.5) is 14.5 Å². The number of alkyl halides is 1. The van der Waals surface area contributed by atoms with Gasteiger partial charge in [-0.1, -0.05) is 0 Å². The molecule has 2 aromatic carbocycles. The summed E-state index contributed by atoms with van der Waals surface area (Å²) in [6.07, 6.45) is 2.90. The van der Waals surface area contributed by atoms with Crippen LogP contribution in [0.15, 0.2) is 59.7 Å². The number of rotatable bonds is 10. The summed E-state index contributed by atoms with van der Waals surface area (Å²) in [6, 6.07) is 9.68. The number of nitrogens with two attached hydrogens (primary N) is 1. The molecule has 0 amide bonds. The fraction of sp³-hybridized carbons (Fsp3) is 0.174. The molecule has 36 heavy (non-hydrogen) atoms. The van der Waals surface area contributed by atoms with Crippen molar-refractivity contribution in [3.8, 4) is 17.4 Å². The van der Waals surface area contributed by atoms with Gasteiger partial charge in [-0.3, -0.25) is 10.4 Å². The first-order valence-corrected chi connectivity index (χ1v) is 10.6. The Morgan fingerprint density at radius 1 is 1.25 bits per heavy atom. The van der Waals surface area contributed by atoms with Gasteiger partial charge in [0.2, 0.25) is 0 Å². The molecule has 2 heterocycles. The van der Waals surface area contributed by atoms with Crippen molar-refractivity contribution >= 4 is 11.5 Å². The van der Waals surface area contributed by atoms with E-state index in [0.29, 0.717) is 11.3 Å². The molecule has 1 atom stereocenters. The number of nitrogen functional groups attached to an aromatic ring is 1. The van der Waals surface area contributed by atoms with Crippen LogP contribution >= 0.6 is 0 Å². The van der Waals surface area contributed by atoms with E-state index in [-0.39, 0.29) is 41.3 Å².